The molecule has 1 rings (SSSR count). The van der Waals surface area contributed by atoms with Crippen LogP contribution in [0.1, 0.15) is 56.9 Å². The summed E-state index contributed by atoms with van der Waals surface area (Å²) in [4.78, 5) is 10.1. The van der Waals surface area contributed by atoms with Crippen LogP contribution >= 0.6 is 0 Å². The van der Waals surface area contributed by atoms with Crippen molar-refractivity contribution in [2.24, 2.45) is 0 Å². The summed E-state index contributed by atoms with van der Waals surface area (Å²) in [5.74, 6) is 0. The van der Waals surface area contributed by atoms with Crippen LogP contribution in [-0.4, -0.2) is 6.29 Å². The molecule has 0 spiro atoms. The van der Waals surface area contributed by atoms with Crippen LogP contribution in [0, 0.1) is 0 Å². The smallest absolute Gasteiger partial charge is 0.119 e. The Labute approximate surface area is 105 Å². The van der Waals surface area contributed by atoms with Crippen LogP contribution in [0.25, 0.3) is 0 Å². The van der Waals surface area contributed by atoms with Crippen LogP contribution in [0.15, 0.2) is 30.3 Å². The lowest BCUT2D eigenvalue weighted by molar-refractivity contribution is -0.107. The van der Waals surface area contributed by atoms with E-state index in [2.05, 4.69) is 30.3 Å². The Morgan fingerprint density at radius 1 is 0.765 bits per heavy atom. The van der Waals surface area contributed by atoms with Crippen molar-refractivity contribution in [3.8, 4) is 0 Å². The fourth-order valence-electron chi connectivity index (χ4n) is 2.09. The molecule has 0 atom stereocenters. The highest BCUT2D eigenvalue weighted by atomic mass is 16.1. The third kappa shape index (κ3) is 7.73. The first-order valence-corrected chi connectivity index (χ1v) is 6.91. The molecule has 1 heteroatoms. The maximum atomic E-state index is 10.1. The molecule has 0 saturated carbocycles. The van der Waals surface area contributed by atoms with E-state index in [1.807, 2.05) is 0 Å². The topological polar surface area (TPSA) is 17.1 Å². The summed E-state index contributed by atoms with van der Waals surface area (Å²) in [5, 5.41) is 0. The van der Waals surface area contributed by atoms with Gasteiger partial charge in [-0.15, -0.1) is 0 Å². The molecule has 0 aliphatic heterocycles. The third-order valence-corrected chi connectivity index (χ3v) is 3.13. The number of unbranched alkanes of at least 4 members (excludes halogenated alkanes) is 7. The minimum atomic E-state index is 0.744. The lowest BCUT2D eigenvalue weighted by Crippen LogP contribution is -1.86. The van der Waals surface area contributed by atoms with Crippen LogP contribution in [0.3, 0.4) is 0 Å². The molecule has 94 valence electrons. The van der Waals surface area contributed by atoms with Crippen LogP contribution in [0.4, 0.5) is 0 Å². The van der Waals surface area contributed by atoms with Crippen molar-refractivity contribution in [1.82, 2.24) is 0 Å². The molecule has 17 heavy (non-hydrogen) atoms. The van der Waals surface area contributed by atoms with Crippen LogP contribution in [-0.2, 0) is 11.2 Å². The van der Waals surface area contributed by atoms with Gasteiger partial charge < -0.3 is 4.79 Å². The molecule has 1 nitrogen and oxygen atoms in total. The normalized spacial score (nSPS) is 10.4. The molecule has 0 aliphatic carbocycles. The van der Waals surface area contributed by atoms with Gasteiger partial charge >= 0.3 is 0 Å². The Bertz CT molecular complexity index is 279. The minimum absolute atomic E-state index is 0.744. The highest BCUT2D eigenvalue weighted by molar-refractivity contribution is 5.48. The summed E-state index contributed by atoms with van der Waals surface area (Å²) >= 11 is 0. The van der Waals surface area contributed by atoms with Gasteiger partial charge in [-0.05, 0) is 24.8 Å². The van der Waals surface area contributed by atoms with Crippen LogP contribution < -0.4 is 0 Å². The predicted molar refractivity (Wildman–Crippen MR) is 73.1 cm³/mol. The standard InChI is InChI=1S/C16H24O/c17-15-11-6-4-2-1-3-5-8-12-16-13-9-7-10-14-16/h7,9-10,13-15H,1-6,8,11-12H2. The first kappa shape index (κ1) is 14.0. The lowest BCUT2D eigenvalue weighted by atomic mass is 10.0. The Balaban J connectivity index is 1.86. The van der Waals surface area contributed by atoms with Gasteiger partial charge in [-0.3, -0.25) is 0 Å². The fraction of sp³-hybridized carbons (Fsp3) is 0.562. The number of hydrogen-bond acceptors (Lipinski definition) is 1. The molecule has 0 saturated heterocycles. The van der Waals surface area contributed by atoms with Gasteiger partial charge in [0, 0.05) is 6.42 Å². The average Bonchev–Trinajstić information content (AvgIpc) is 2.38. The zero-order chi connectivity index (χ0) is 12.2. The molecule has 0 unspecified atom stereocenters. The molecular weight excluding hydrogens is 208 g/mol. The Hall–Kier alpha value is -1.11. The number of aryl methyl sites for hydroxylation is 1. The van der Waals surface area contributed by atoms with E-state index < -0.39 is 0 Å². The monoisotopic (exact) mass is 232 g/mol. The summed E-state index contributed by atoms with van der Waals surface area (Å²) in [6.07, 6.45) is 11.9. The zero-order valence-electron chi connectivity index (χ0n) is 10.7. The zero-order valence-corrected chi connectivity index (χ0v) is 10.7. The van der Waals surface area contributed by atoms with Gasteiger partial charge in [0.05, 0.1) is 0 Å². The number of carbonyl (C=O) groups is 1. The maximum Gasteiger partial charge on any atom is 0.119 e. The Morgan fingerprint density at radius 2 is 1.35 bits per heavy atom. The molecule has 0 fully saturated rings. The second-order valence-corrected chi connectivity index (χ2v) is 4.67. The van der Waals surface area contributed by atoms with Gasteiger partial charge in [0.2, 0.25) is 0 Å². The molecule has 0 amide bonds. The van der Waals surface area contributed by atoms with Gasteiger partial charge in [-0.1, -0.05) is 62.4 Å². The van der Waals surface area contributed by atoms with Crippen molar-refractivity contribution >= 4 is 6.29 Å². The van der Waals surface area contributed by atoms with E-state index in [9.17, 15) is 4.79 Å². The predicted octanol–water partition coefficient (Wildman–Crippen LogP) is 4.55. The maximum absolute atomic E-state index is 10.1. The summed E-state index contributed by atoms with van der Waals surface area (Å²) in [5.41, 5.74) is 1.46. The van der Waals surface area contributed by atoms with Crippen LogP contribution in [0.5, 0.6) is 0 Å². The highest BCUT2D eigenvalue weighted by Gasteiger charge is 1.93. The minimum Gasteiger partial charge on any atom is -0.303 e. The summed E-state index contributed by atoms with van der Waals surface area (Å²) in [6.45, 7) is 0. The Morgan fingerprint density at radius 3 is 2.00 bits per heavy atom. The number of rotatable bonds is 10. The molecular formula is C16H24O. The third-order valence-electron chi connectivity index (χ3n) is 3.13. The number of hydrogen-bond donors (Lipinski definition) is 0. The molecule has 0 heterocycles. The molecule has 0 radical (unpaired) electrons. The molecule has 1 aromatic rings. The van der Waals surface area contributed by atoms with Gasteiger partial charge in [-0.2, -0.15) is 0 Å². The molecule has 0 aliphatic rings. The second kappa shape index (κ2) is 10.1. The van der Waals surface area contributed by atoms with Crippen molar-refractivity contribution < 1.29 is 4.79 Å². The van der Waals surface area contributed by atoms with E-state index in [-0.39, 0.29) is 0 Å². The first-order valence-electron chi connectivity index (χ1n) is 6.91. The summed E-state index contributed by atoms with van der Waals surface area (Å²) < 4.78 is 0. The average molecular weight is 232 g/mol. The number of carbonyl (C=O) groups excluding carboxylic acids is 1. The summed E-state index contributed by atoms with van der Waals surface area (Å²) in [7, 11) is 0. The van der Waals surface area contributed by atoms with Gasteiger partial charge in [0.25, 0.3) is 0 Å². The van der Waals surface area contributed by atoms with E-state index in [1.54, 1.807) is 0 Å². The van der Waals surface area contributed by atoms with Crippen LogP contribution in [0.2, 0.25) is 0 Å². The quantitative estimate of drug-likeness (QED) is 0.427. The van der Waals surface area contributed by atoms with Crippen molar-refractivity contribution in [1.29, 1.82) is 0 Å². The van der Waals surface area contributed by atoms with Crippen molar-refractivity contribution in [2.75, 3.05) is 0 Å². The highest BCUT2D eigenvalue weighted by Crippen LogP contribution is 2.10. The van der Waals surface area contributed by atoms with E-state index in [4.69, 9.17) is 0 Å². The lowest BCUT2D eigenvalue weighted by Gasteiger charge is -2.02. The molecule has 0 bridgehead atoms. The fourth-order valence-corrected chi connectivity index (χ4v) is 2.09. The van der Waals surface area contributed by atoms with E-state index in [1.165, 1.54) is 50.5 Å². The van der Waals surface area contributed by atoms with Crippen molar-refractivity contribution in [3.05, 3.63) is 35.9 Å². The second-order valence-electron chi connectivity index (χ2n) is 4.67. The number of benzene rings is 1. The van der Waals surface area contributed by atoms with Gasteiger partial charge in [-0.25, -0.2) is 0 Å². The van der Waals surface area contributed by atoms with Gasteiger partial charge in [0.1, 0.15) is 6.29 Å². The van der Waals surface area contributed by atoms with E-state index in [0.717, 1.165) is 19.1 Å². The summed E-state index contributed by atoms with van der Waals surface area (Å²) in [6, 6.07) is 10.7. The Kier molecular flexibility index (Phi) is 8.27. The molecule has 0 aromatic heterocycles. The van der Waals surface area contributed by atoms with Crippen molar-refractivity contribution in [3.63, 3.8) is 0 Å². The largest absolute Gasteiger partial charge is 0.303 e. The SMILES string of the molecule is O=CCCCCCCCCCc1ccccc1. The van der Waals surface area contributed by atoms with E-state index in [0.29, 0.717) is 0 Å². The number of aldehydes is 1. The van der Waals surface area contributed by atoms with E-state index >= 15 is 0 Å². The van der Waals surface area contributed by atoms with Gasteiger partial charge in [0.15, 0.2) is 0 Å². The first-order chi connectivity index (χ1) is 8.43. The van der Waals surface area contributed by atoms with Crippen molar-refractivity contribution in [2.45, 2.75) is 57.8 Å². The molecule has 1 aromatic carbocycles. The molecule has 0 N–H and O–H groups in total.